The van der Waals surface area contributed by atoms with Gasteiger partial charge >= 0.3 is 11.9 Å². The third-order valence-electron chi connectivity index (χ3n) is 3.50. The molecule has 0 radical (unpaired) electrons. The van der Waals surface area contributed by atoms with Crippen molar-refractivity contribution >= 4 is 51.4 Å². The zero-order chi connectivity index (χ0) is 18.7. The van der Waals surface area contributed by atoms with Crippen molar-refractivity contribution in [3.8, 4) is 5.75 Å². The summed E-state index contributed by atoms with van der Waals surface area (Å²) in [6.07, 6.45) is 1.75. The monoisotopic (exact) mass is 433 g/mol. The highest BCUT2D eigenvalue weighted by atomic mass is 79.9. The number of benzene rings is 2. The fraction of sp³-hybridized carbons (Fsp3) is 0.105. The predicted molar refractivity (Wildman–Crippen MR) is 102 cm³/mol. The number of nitrogens with zero attached hydrogens (tertiary/aromatic N) is 1. The van der Waals surface area contributed by atoms with E-state index in [-0.39, 0.29) is 24.0 Å². The van der Waals surface area contributed by atoms with Crippen molar-refractivity contribution in [2.75, 3.05) is 0 Å². The maximum Gasteiger partial charge on any atom is 0.363 e. The molecule has 0 bridgehead atoms. The molecule has 0 fully saturated rings. The second-order valence-corrected chi connectivity index (χ2v) is 6.65. The van der Waals surface area contributed by atoms with Crippen molar-refractivity contribution in [3.63, 3.8) is 0 Å². The van der Waals surface area contributed by atoms with Crippen molar-refractivity contribution in [2.45, 2.75) is 13.3 Å². The van der Waals surface area contributed by atoms with Gasteiger partial charge in [-0.2, -0.15) is 0 Å². The lowest BCUT2D eigenvalue weighted by atomic mass is 10.1. The van der Waals surface area contributed by atoms with Crippen LogP contribution in [0.1, 0.15) is 24.5 Å². The van der Waals surface area contributed by atoms with Gasteiger partial charge < -0.3 is 9.47 Å². The summed E-state index contributed by atoms with van der Waals surface area (Å²) < 4.78 is 11.3. The lowest BCUT2D eigenvalue weighted by Crippen LogP contribution is -2.07. The average molecular weight is 435 g/mol. The molecule has 0 saturated carbocycles. The van der Waals surface area contributed by atoms with Crippen LogP contribution in [0.4, 0.5) is 0 Å². The number of aliphatic imine (C=N–C) groups is 1. The van der Waals surface area contributed by atoms with Crippen LogP contribution in [0.3, 0.4) is 0 Å². The fourth-order valence-electron chi connectivity index (χ4n) is 2.23. The summed E-state index contributed by atoms with van der Waals surface area (Å²) in [6, 6.07) is 12.1. The summed E-state index contributed by atoms with van der Waals surface area (Å²) in [5, 5.41) is 0.431. The molecule has 0 spiro atoms. The predicted octanol–water partition coefficient (Wildman–Crippen LogP) is 4.76. The van der Waals surface area contributed by atoms with Crippen molar-refractivity contribution in [2.24, 2.45) is 4.99 Å². The van der Waals surface area contributed by atoms with E-state index in [0.29, 0.717) is 21.9 Å². The lowest BCUT2D eigenvalue weighted by Gasteiger charge is -2.07. The molecule has 0 atom stereocenters. The highest BCUT2D eigenvalue weighted by molar-refractivity contribution is 9.10. The third-order valence-corrected chi connectivity index (χ3v) is 4.32. The Morgan fingerprint density at radius 3 is 2.81 bits per heavy atom. The van der Waals surface area contributed by atoms with Crippen LogP contribution >= 0.6 is 27.5 Å². The van der Waals surface area contributed by atoms with Crippen LogP contribution in [0.2, 0.25) is 5.02 Å². The average Bonchev–Trinajstić information content (AvgIpc) is 2.98. The molecule has 0 N–H and O–H groups in total. The molecule has 0 saturated heterocycles. The van der Waals surface area contributed by atoms with E-state index in [0.717, 1.165) is 4.47 Å². The van der Waals surface area contributed by atoms with Gasteiger partial charge in [-0.15, -0.1) is 0 Å². The number of hydrogen-bond donors (Lipinski definition) is 0. The molecule has 1 aliphatic heterocycles. The van der Waals surface area contributed by atoms with Crippen molar-refractivity contribution in [3.05, 3.63) is 68.8 Å². The van der Waals surface area contributed by atoms with E-state index in [2.05, 4.69) is 20.9 Å². The van der Waals surface area contributed by atoms with Crippen LogP contribution in [0.15, 0.2) is 57.6 Å². The minimum Gasteiger partial charge on any atom is -0.426 e. The van der Waals surface area contributed by atoms with Gasteiger partial charge in [0.05, 0.1) is 10.6 Å². The van der Waals surface area contributed by atoms with Crippen molar-refractivity contribution in [1.82, 2.24) is 0 Å². The second kappa shape index (κ2) is 7.85. The summed E-state index contributed by atoms with van der Waals surface area (Å²) in [5.74, 6) is -0.510. The van der Waals surface area contributed by atoms with Gasteiger partial charge in [-0.05, 0) is 36.4 Å². The van der Waals surface area contributed by atoms with E-state index >= 15 is 0 Å². The summed E-state index contributed by atoms with van der Waals surface area (Å²) in [7, 11) is 0. The first-order valence-electron chi connectivity index (χ1n) is 7.75. The number of carbonyl (C=O) groups is 2. The zero-order valence-electron chi connectivity index (χ0n) is 13.7. The first-order chi connectivity index (χ1) is 12.5. The smallest absolute Gasteiger partial charge is 0.363 e. The van der Waals surface area contributed by atoms with Crippen molar-refractivity contribution in [1.29, 1.82) is 0 Å². The molecule has 1 aliphatic rings. The second-order valence-electron chi connectivity index (χ2n) is 5.33. The molecular weight excluding hydrogens is 422 g/mol. The molecule has 2 aromatic rings. The van der Waals surface area contributed by atoms with Gasteiger partial charge in [0.1, 0.15) is 5.75 Å². The lowest BCUT2D eigenvalue weighted by molar-refractivity contribution is -0.134. The Kier molecular flexibility index (Phi) is 5.54. The Balaban J connectivity index is 1.99. The van der Waals surface area contributed by atoms with Crippen LogP contribution < -0.4 is 4.74 Å². The van der Waals surface area contributed by atoms with E-state index < -0.39 is 5.97 Å². The van der Waals surface area contributed by atoms with E-state index in [1.54, 1.807) is 49.4 Å². The van der Waals surface area contributed by atoms with Gasteiger partial charge in [0.2, 0.25) is 5.90 Å². The molecule has 26 heavy (non-hydrogen) atoms. The van der Waals surface area contributed by atoms with E-state index in [1.165, 1.54) is 6.08 Å². The van der Waals surface area contributed by atoms with Crippen LogP contribution in [0.5, 0.6) is 5.75 Å². The quantitative estimate of drug-likeness (QED) is 0.395. The van der Waals surface area contributed by atoms with Gasteiger partial charge in [0.25, 0.3) is 0 Å². The SMILES string of the molecule is CCC(=O)Oc1ccc(Br)cc1/C=C1\N=C(c2ccccc2Cl)OC1=O. The minimum atomic E-state index is -0.604. The normalized spacial score (nSPS) is 15.0. The molecule has 5 nitrogen and oxygen atoms in total. The first-order valence-corrected chi connectivity index (χ1v) is 8.92. The Bertz CT molecular complexity index is 952. The van der Waals surface area contributed by atoms with Crippen LogP contribution in [-0.2, 0) is 14.3 Å². The number of hydrogen-bond acceptors (Lipinski definition) is 5. The number of cyclic esters (lactones) is 1. The Hall–Kier alpha value is -2.44. The molecule has 1 heterocycles. The van der Waals surface area contributed by atoms with Gasteiger partial charge in [-0.3, -0.25) is 4.79 Å². The number of rotatable bonds is 4. The summed E-state index contributed by atoms with van der Waals surface area (Å²) in [5.41, 5.74) is 1.14. The van der Waals surface area contributed by atoms with Crippen molar-refractivity contribution < 1.29 is 19.1 Å². The third kappa shape index (κ3) is 4.03. The Morgan fingerprint density at radius 2 is 2.08 bits per heavy atom. The van der Waals surface area contributed by atoms with E-state index in [9.17, 15) is 9.59 Å². The van der Waals surface area contributed by atoms with Gasteiger partial charge in [-0.25, -0.2) is 9.79 Å². The number of ether oxygens (including phenoxy) is 2. The first kappa shape index (κ1) is 18.4. The molecule has 7 heteroatoms. The van der Waals surface area contributed by atoms with Gasteiger partial charge in [0, 0.05) is 16.5 Å². The van der Waals surface area contributed by atoms with E-state index in [4.69, 9.17) is 21.1 Å². The fourth-order valence-corrected chi connectivity index (χ4v) is 2.82. The molecule has 0 aromatic heterocycles. The Morgan fingerprint density at radius 1 is 1.31 bits per heavy atom. The summed E-state index contributed by atoms with van der Waals surface area (Å²) >= 11 is 9.49. The summed E-state index contributed by atoms with van der Waals surface area (Å²) in [4.78, 5) is 28.0. The molecule has 0 unspecified atom stereocenters. The topological polar surface area (TPSA) is 65.0 Å². The van der Waals surface area contributed by atoms with Crippen LogP contribution in [0, 0.1) is 0 Å². The molecule has 0 amide bonds. The number of halogens is 2. The maximum atomic E-state index is 12.2. The number of esters is 2. The summed E-state index contributed by atoms with van der Waals surface area (Å²) in [6.45, 7) is 1.70. The maximum absolute atomic E-state index is 12.2. The minimum absolute atomic E-state index is 0.0896. The molecular formula is C19H13BrClNO4. The van der Waals surface area contributed by atoms with E-state index in [1.807, 2.05) is 0 Å². The largest absolute Gasteiger partial charge is 0.426 e. The van der Waals surface area contributed by atoms with Gasteiger partial charge in [0.15, 0.2) is 5.70 Å². The standard InChI is InChI=1S/C19H13BrClNO4/c1-2-17(23)25-16-8-7-12(20)9-11(16)10-15-19(24)26-18(22-15)13-5-3-4-6-14(13)21/h3-10H,2H2,1H3/b15-10-. The highest BCUT2D eigenvalue weighted by Gasteiger charge is 2.26. The molecule has 0 aliphatic carbocycles. The number of carbonyl (C=O) groups excluding carboxylic acids is 2. The van der Waals surface area contributed by atoms with Crippen LogP contribution in [0.25, 0.3) is 6.08 Å². The Labute approximate surface area is 163 Å². The molecule has 2 aromatic carbocycles. The van der Waals surface area contributed by atoms with Gasteiger partial charge in [-0.1, -0.05) is 46.6 Å². The van der Waals surface area contributed by atoms with Crippen LogP contribution in [-0.4, -0.2) is 17.8 Å². The zero-order valence-corrected chi connectivity index (χ0v) is 16.0. The molecule has 3 rings (SSSR count). The highest BCUT2D eigenvalue weighted by Crippen LogP contribution is 2.29. The molecule has 132 valence electrons.